The minimum Gasteiger partial charge on any atom is -0.387 e. The molecule has 4 aromatic rings. The molecule has 0 bridgehead atoms. The van der Waals surface area contributed by atoms with Gasteiger partial charge in [0.15, 0.2) is 23.5 Å². The third-order valence-electron chi connectivity index (χ3n) is 10.2. The summed E-state index contributed by atoms with van der Waals surface area (Å²) in [6.07, 6.45) is 3.60. The predicted molar refractivity (Wildman–Crippen MR) is 194 cm³/mol. The van der Waals surface area contributed by atoms with E-state index in [-0.39, 0.29) is 51.1 Å². The van der Waals surface area contributed by atoms with E-state index < -0.39 is 23.6 Å². The van der Waals surface area contributed by atoms with Crippen molar-refractivity contribution in [3.8, 4) is 22.4 Å². The SMILES string of the molecule is COCCCn1cc(-c2ccc(-c3cnc(C(=O)Nc4ccc(C(=O)N5CCN(C(=O)[C@@H]6C[C@@H](O)C[N+]6(C)C)CC5)c(Cl)c4)n3C)c(F)c2F)c(C)n1. The summed E-state index contributed by atoms with van der Waals surface area (Å²) in [5, 5.41) is 17.4. The number of nitrogens with zero attached hydrogens (tertiary/aromatic N) is 7. The molecule has 2 aliphatic rings. The van der Waals surface area contributed by atoms with Gasteiger partial charge in [0.1, 0.15) is 12.6 Å². The van der Waals surface area contributed by atoms with Crippen molar-refractivity contribution < 1.29 is 37.5 Å². The largest absolute Gasteiger partial charge is 0.387 e. The van der Waals surface area contributed by atoms with Gasteiger partial charge >= 0.3 is 0 Å². The van der Waals surface area contributed by atoms with Gasteiger partial charge in [0.2, 0.25) is 0 Å². The number of quaternary nitrogens is 1. The van der Waals surface area contributed by atoms with Gasteiger partial charge in [0, 0.05) is 88.5 Å². The molecule has 53 heavy (non-hydrogen) atoms. The lowest BCUT2D eigenvalue weighted by atomic mass is 10.0. The number of likely N-dealkylation sites (tertiary alicyclic amines) is 1. The molecule has 2 saturated heterocycles. The van der Waals surface area contributed by atoms with E-state index in [0.29, 0.717) is 73.7 Å². The molecular formula is C37H44ClF2N8O5+. The molecule has 2 aromatic heterocycles. The second-order valence-electron chi connectivity index (χ2n) is 14.2. The van der Waals surface area contributed by atoms with Crippen molar-refractivity contribution in [2.24, 2.45) is 7.05 Å². The van der Waals surface area contributed by atoms with E-state index in [0.717, 1.165) is 6.42 Å². The second kappa shape index (κ2) is 15.3. The van der Waals surface area contributed by atoms with Crippen LogP contribution in [0.25, 0.3) is 22.4 Å². The molecule has 3 amide bonds. The summed E-state index contributed by atoms with van der Waals surface area (Å²) in [5.41, 5.74) is 1.77. The van der Waals surface area contributed by atoms with Crippen LogP contribution in [-0.4, -0.2) is 129 Å². The first-order chi connectivity index (χ1) is 25.2. The first kappa shape index (κ1) is 38.0. The lowest BCUT2D eigenvalue weighted by Gasteiger charge is -2.38. The molecule has 0 aliphatic carbocycles. The van der Waals surface area contributed by atoms with Crippen LogP contribution in [0.5, 0.6) is 0 Å². The van der Waals surface area contributed by atoms with Gasteiger partial charge in [-0.1, -0.05) is 17.7 Å². The van der Waals surface area contributed by atoms with Crippen LogP contribution in [0.4, 0.5) is 14.5 Å². The number of imidazole rings is 1. The molecule has 0 unspecified atom stereocenters. The summed E-state index contributed by atoms with van der Waals surface area (Å²) in [6.45, 7) is 4.78. The summed E-state index contributed by atoms with van der Waals surface area (Å²) in [4.78, 5) is 47.4. The summed E-state index contributed by atoms with van der Waals surface area (Å²) >= 11 is 6.53. The maximum Gasteiger partial charge on any atom is 0.291 e. The van der Waals surface area contributed by atoms with E-state index in [1.807, 2.05) is 14.1 Å². The molecule has 0 spiro atoms. The second-order valence-corrected chi connectivity index (χ2v) is 14.6. The molecule has 4 heterocycles. The quantitative estimate of drug-likeness (QED) is 0.185. The lowest BCUT2D eigenvalue weighted by Crippen LogP contribution is -2.58. The molecule has 13 nitrogen and oxygen atoms in total. The third-order valence-corrected chi connectivity index (χ3v) is 10.5. The summed E-state index contributed by atoms with van der Waals surface area (Å²) in [5.74, 6) is -3.12. The number of benzene rings is 2. The van der Waals surface area contributed by atoms with E-state index in [9.17, 15) is 19.5 Å². The number of aryl methyl sites for hydroxylation is 2. The highest BCUT2D eigenvalue weighted by molar-refractivity contribution is 6.34. The maximum atomic E-state index is 15.6. The molecular weight excluding hydrogens is 710 g/mol. The van der Waals surface area contributed by atoms with Crippen LogP contribution in [0.15, 0.2) is 42.7 Å². The van der Waals surface area contributed by atoms with Gasteiger partial charge in [-0.05, 0) is 37.6 Å². The van der Waals surface area contributed by atoms with Crippen LogP contribution in [0.1, 0.15) is 39.5 Å². The Morgan fingerprint density at radius 2 is 1.72 bits per heavy atom. The van der Waals surface area contributed by atoms with Crippen molar-refractivity contribution in [1.29, 1.82) is 0 Å². The number of hydrogen-bond acceptors (Lipinski definition) is 7. The van der Waals surface area contributed by atoms with Crippen LogP contribution in [0.2, 0.25) is 5.02 Å². The zero-order valence-corrected chi connectivity index (χ0v) is 31.2. The summed E-state index contributed by atoms with van der Waals surface area (Å²) < 4.78 is 39.6. The van der Waals surface area contributed by atoms with Crippen molar-refractivity contribution in [1.82, 2.24) is 29.1 Å². The average Bonchev–Trinajstić information content (AvgIpc) is 3.77. The minimum absolute atomic E-state index is 0.0177. The Kier molecular flexibility index (Phi) is 11.0. The molecule has 16 heteroatoms. The van der Waals surface area contributed by atoms with E-state index in [1.54, 1.807) is 40.8 Å². The van der Waals surface area contributed by atoms with E-state index in [2.05, 4.69) is 15.4 Å². The Balaban J connectivity index is 1.09. The van der Waals surface area contributed by atoms with Gasteiger partial charge < -0.3 is 34.0 Å². The number of nitrogens with one attached hydrogen (secondary N) is 1. The first-order valence-electron chi connectivity index (χ1n) is 17.4. The van der Waals surface area contributed by atoms with Crippen molar-refractivity contribution >= 4 is 35.0 Å². The molecule has 282 valence electrons. The Morgan fingerprint density at radius 3 is 2.38 bits per heavy atom. The number of carbonyl (C=O) groups is 3. The monoisotopic (exact) mass is 753 g/mol. The number of methoxy groups -OCH3 is 1. The minimum atomic E-state index is -1.08. The number of likely N-dealkylation sites (N-methyl/N-ethyl adjacent to an activating group) is 1. The number of carbonyl (C=O) groups excluding carboxylic acids is 3. The highest BCUT2D eigenvalue weighted by atomic mass is 35.5. The van der Waals surface area contributed by atoms with Gasteiger partial charge in [0.05, 0.1) is 42.3 Å². The number of aliphatic hydroxyl groups excluding tert-OH is 1. The van der Waals surface area contributed by atoms with Gasteiger partial charge in [-0.2, -0.15) is 5.10 Å². The van der Waals surface area contributed by atoms with Gasteiger partial charge in [-0.25, -0.2) is 13.8 Å². The van der Waals surface area contributed by atoms with Crippen LogP contribution in [0, 0.1) is 18.6 Å². The molecule has 2 aromatic carbocycles. The number of halogens is 3. The molecule has 2 N–H and O–H groups in total. The number of aromatic nitrogens is 4. The van der Waals surface area contributed by atoms with E-state index in [4.69, 9.17) is 16.3 Å². The van der Waals surface area contributed by atoms with Crippen molar-refractivity contribution in [2.45, 2.75) is 38.5 Å². The smallest absolute Gasteiger partial charge is 0.291 e. The highest BCUT2D eigenvalue weighted by Gasteiger charge is 2.46. The Bertz CT molecular complexity index is 2040. The van der Waals surface area contributed by atoms with Crippen LogP contribution < -0.4 is 5.32 Å². The summed E-state index contributed by atoms with van der Waals surface area (Å²) in [7, 11) is 7.01. The standard InChI is InChI=1S/C37H43ClF2N8O5/c1-22-28(20-47(43-22)11-6-16-53-5)25-9-10-27(33(40)32(25)39)30-19-41-34(44(30)2)35(50)42-23-7-8-26(29(38)17-23)36(51)45-12-14-46(15-13-45)37(52)31-18-24(49)21-48(31,3)4/h7-10,17,19-20,24,31,49H,6,11-16,18,21H2,1-5H3/p+1/t24-,31+/m1/s1. The normalized spacial score (nSPS) is 18.4. The fourth-order valence-corrected chi connectivity index (χ4v) is 7.51. The number of piperazine rings is 1. The Hall–Kier alpha value is -4.70. The zero-order valence-electron chi connectivity index (χ0n) is 30.4. The van der Waals surface area contributed by atoms with Crippen molar-refractivity contribution in [3.63, 3.8) is 0 Å². The molecule has 0 saturated carbocycles. The van der Waals surface area contributed by atoms with E-state index in [1.165, 1.54) is 42.1 Å². The maximum absolute atomic E-state index is 15.6. The van der Waals surface area contributed by atoms with Gasteiger partial charge in [-0.3, -0.25) is 19.1 Å². The highest BCUT2D eigenvalue weighted by Crippen LogP contribution is 2.33. The fourth-order valence-electron chi connectivity index (χ4n) is 7.25. The fraction of sp³-hybridized carbons (Fsp3) is 0.432. The first-order valence-corrected chi connectivity index (χ1v) is 17.8. The lowest BCUT2D eigenvalue weighted by molar-refractivity contribution is -0.894. The topological polar surface area (TPSA) is 135 Å². The zero-order chi connectivity index (χ0) is 38.2. The third kappa shape index (κ3) is 7.70. The molecule has 2 aliphatic heterocycles. The van der Waals surface area contributed by atoms with Crippen LogP contribution in [0.3, 0.4) is 0 Å². The molecule has 0 radical (unpaired) electrons. The number of rotatable bonds is 10. The Labute approximate surface area is 311 Å². The van der Waals surface area contributed by atoms with Crippen molar-refractivity contribution in [3.05, 3.63) is 76.5 Å². The predicted octanol–water partition coefficient (Wildman–Crippen LogP) is 3.97. The Morgan fingerprint density at radius 1 is 1.04 bits per heavy atom. The summed E-state index contributed by atoms with van der Waals surface area (Å²) in [6, 6.07) is 7.13. The van der Waals surface area contributed by atoms with Crippen LogP contribution >= 0.6 is 11.6 Å². The number of ether oxygens (including phenoxy) is 1. The number of aliphatic hydroxyl groups is 1. The van der Waals surface area contributed by atoms with Crippen molar-refractivity contribution in [2.75, 3.05) is 65.9 Å². The molecule has 2 atom stereocenters. The van der Waals surface area contributed by atoms with Gasteiger partial charge in [0.25, 0.3) is 17.7 Å². The van der Waals surface area contributed by atoms with E-state index >= 15 is 8.78 Å². The number of hydrogen-bond donors (Lipinski definition) is 2. The molecule has 2 fully saturated rings. The molecule has 6 rings (SSSR count). The number of amides is 3. The van der Waals surface area contributed by atoms with Crippen LogP contribution in [-0.2, 0) is 23.1 Å². The number of anilines is 1. The van der Waals surface area contributed by atoms with Gasteiger partial charge in [-0.15, -0.1) is 0 Å². The average molecular weight is 754 g/mol.